The van der Waals surface area contributed by atoms with Gasteiger partial charge >= 0.3 is 0 Å². The molecule has 4 aromatic carbocycles. The van der Waals surface area contributed by atoms with Gasteiger partial charge in [0.1, 0.15) is 18.4 Å². The maximum atomic E-state index is 12.9. The first-order valence-electron chi connectivity index (χ1n) is 12.4. The van der Waals surface area contributed by atoms with E-state index >= 15 is 0 Å². The third kappa shape index (κ3) is 7.32. The van der Waals surface area contributed by atoms with Gasteiger partial charge in [0.2, 0.25) is 10.0 Å². The zero-order chi connectivity index (χ0) is 28.0. The number of benzene rings is 4. The molecule has 0 saturated carbocycles. The van der Waals surface area contributed by atoms with Gasteiger partial charge < -0.3 is 4.74 Å². The van der Waals surface area contributed by atoms with Crippen LogP contribution < -0.4 is 14.9 Å². The van der Waals surface area contributed by atoms with E-state index in [1.165, 1.54) is 18.3 Å². The SMILES string of the molecule is Cc1ccc(S(=O)(=O)N[C@H](C(=O)N/N=C\c2cc(Br)ccc2OCc2cccc3ccccc23)C(C)C)cc1. The summed E-state index contributed by atoms with van der Waals surface area (Å²) < 4.78 is 35.2. The number of hydrogen-bond acceptors (Lipinski definition) is 5. The Hall–Kier alpha value is -3.53. The van der Waals surface area contributed by atoms with Crippen molar-refractivity contribution in [3.63, 3.8) is 0 Å². The predicted molar refractivity (Wildman–Crippen MR) is 158 cm³/mol. The van der Waals surface area contributed by atoms with Crippen molar-refractivity contribution in [2.45, 2.75) is 38.3 Å². The molecule has 0 aromatic heterocycles. The van der Waals surface area contributed by atoms with E-state index in [4.69, 9.17) is 4.74 Å². The van der Waals surface area contributed by atoms with Crippen LogP contribution in [0.4, 0.5) is 0 Å². The van der Waals surface area contributed by atoms with E-state index in [1.54, 1.807) is 26.0 Å². The molecule has 0 radical (unpaired) electrons. The molecule has 1 amide bonds. The van der Waals surface area contributed by atoms with Gasteiger partial charge in [0, 0.05) is 10.0 Å². The molecule has 7 nitrogen and oxygen atoms in total. The molecule has 0 unspecified atom stereocenters. The number of amides is 1. The molecule has 0 aliphatic carbocycles. The minimum absolute atomic E-state index is 0.0946. The first kappa shape index (κ1) is 28.5. The molecule has 0 bridgehead atoms. The number of fused-ring (bicyclic) bond motifs is 1. The maximum Gasteiger partial charge on any atom is 0.258 e. The normalized spacial score (nSPS) is 12.6. The molecule has 39 heavy (non-hydrogen) atoms. The summed E-state index contributed by atoms with van der Waals surface area (Å²) in [6.07, 6.45) is 1.48. The van der Waals surface area contributed by atoms with Gasteiger partial charge in [0.25, 0.3) is 5.91 Å². The Kier molecular flexibility index (Phi) is 9.16. The lowest BCUT2D eigenvalue weighted by Crippen LogP contribution is -2.48. The smallest absolute Gasteiger partial charge is 0.258 e. The number of nitrogens with zero attached hydrogens (tertiary/aromatic N) is 1. The molecule has 0 aliphatic heterocycles. The zero-order valence-electron chi connectivity index (χ0n) is 21.9. The van der Waals surface area contributed by atoms with Crippen molar-refractivity contribution in [1.29, 1.82) is 0 Å². The lowest BCUT2D eigenvalue weighted by atomic mass is 10.1. The highest BCUT2D eigenvalue weighted by atomic mass is 79.9. The van der Waals surface area contributed by atoms with Crippen molar-refractivity contribution in [3.8, 4) is 5.75 Å². The minimum Gasteiger partial charge on any atom is -0.488 e. The molecule has 1 atom stereocenters. The number of hydrazone groups is 1. The van der Waals surface area contributed by atoms with Gasteiger partial charge in [-0.15, -0.1) is 0 Å². The van der Waals surface area contributed by atoms with Gasteiger partial charge in [-0.2, -0.15) is 9.82 Å². The largest absolute Gasteiger partial charge is 0.488 e. The van der Waals surface area contributed by atoms with Crippen LogP contribution in [0.15, 0.2) is 99.4 Å². The first-order chi connectivity index (χ1) is 18.6. The van der Waals surface area contributed by atoms with Crippen molar-refractivity contribution in [3.05, 3.63) is 106 Å². The number of rotatable bonds is 10. The number of aryl methyl sites for hydroxylation is 1. The van der Waals surface area contributed by atoms with Crippen LogP contribution in [0.1, 0.15) is 30.5 Å². The number of halogens is 1. The van der Waals surface area contributed by atoms with E-state index < -0.39 is 22.0 Å². The molecule has 0 saturated heterocycles. The van der Waals surface area contributed by atoms with Gasteiger partial charge in [-0.25, -0.2) is 13.8 Å². The third-order valence-electron chi connectivity index (χ3n) is 6.18. The number of hydrogen-bond donors (Lipinski definition) is 2. The number of carbonyl (C=O) groups excluding carboxylic acids is 1. The van der Waals surface area contributed by atoms with E-state index in [9.17, 15) is 13.2 Å². The van der Waals surface area contributed by atoms with Crippen LogP contribution >= 0.6 is 15.9 Å². The summed E-state index contributed by atoms with van der Waals surface area (Å²) >= 11 is 3.47. The second-order valence-electron chi connectivity index (χ2n) is 9.50. The van der Waals surface area contributed by atoms with Crippen LogP contribution in [0.2, 0.25) is 0 Å². The van der Waals surface area contributed by atoms with Crippen LogP contribution in [-0.2, 0) is 21.4 Å². The second-order valence-corrected chi connectivity index (χ2v) is 12.1. The van der Waals surface area contributed by atoms with Crippen LogP contribution in [-0.4, -0.2) is 26.6 Å². The number of ether oxygens (including phenoxy) is 1. The van der Waals surface area contributed by atoms with Gasteiger partial charge in [-0.05, 0) is 59.5 Å². The van der Waals surface area contributed by atoms with Crippen molar-refractivity contribution in [2.24, 2.45) is 11.0 Å². The van der Waals surface area contributed by atoms with Crippen molar-refractivity contribution >= 4 is 48.8 Å². The fourth-order valence-corrected chi connectivity index (χ4v) is 5.73. The highest BCUT2D eigenvalue weighted by Gasteiger charge is 2.28. The Morgan fingerprint density at radius 1 is 1.00 bits per heavy atom. The summed E-state index contributed by atoms with van der Waals surface area (Å²) in [4.78, 5) is 13.0. The quantitative estimate of drug-likeness (QED) is 0.172. The average molecular weight is 609 g/mol. The molecular weight excluding hydrogens is 578 g/mol. The van der Waals surface area contributed by atoms with Gasteiger partial charge in [0.05, 0.1) is 11.1 Å². The fraction of sp³-hybridized carbons (Fsp3) is 0.200. The van der Waals surface area contributed by atoms with Crippen molar-refractivity contribution < 1.29 is 17.9 Å². The Morgan fingerprint density at radius 2 is 1.72 bits per heavy atom. The summed E-state index contributed by atoms with van der Waals surface area (Å²) in [5, 5.41) is 6.36. The summed E-state index contributed by atoms with van der Waals surface area (Å²) in [6.45, 7) is 5.75. The number of carbonyl (C=O) groups is 1. The predicted octanol–water partition coefficient (Wildman–Crippen LogP) is 5.94. The van der Waals surface area contributed by atoms with E-state index in [2.05, 4.69) is 49.4 Å². The zero-order valence-corrected chi connectivity index (χ0v) is 24.3. The maximum absolute atomic E-state index is 12.9. The molecule has 0 heterocycles. The molecule has 4 rings (SSSR count). The van der Waals surface area contributed by atoms with Crippen LogP contribution in [0.5, 0.6) is 5.75 Å². The molecular formula is C30H30BrN3O4S. The van der Waals surface area contributed by atoms with E-state index in [0.29, 0.717) is 17.9 Å². The Labute approximate surface area is 237 Å². The second kappa shape index (κ2) is 12.5. The molecule has 0 fully saturated rings. The van der Waals surface area contributed by atoms with Crippen LogP contribution in [0.3, 0.4) is 0 Å². The molecule has 0 spiro atoms. The third-order valence-corrected chi connectivity index (χ3v) is 8.13. The van der Waals surface area contributed by atoms with Crippen molar-refractivity contribution in [2.75, 3.05) is 0 Å². The summed E-state index contributed by atoms with van der Waals surface area (Å²) in [7, 11) is -3.89. The van der Waals surface area contributed by atoms with E-state index in [0.717, 1.165) is 26.4 Å². The highest BCUT2D eigenvalue weighted by Crippen LogP contribution is 2.25. The topological polar surface area (TPSA) is 96.9 Å². The molecule has 9 heteroatoms. The monoisotopic (exact) mass is 607 g/mol. The first-order valence-corrected chi connectivity index (χ1v) is 14.7. The lowest BCUT2D eigenvalue weighted by Gasteiger charge is -2.20. The Bertz CT molecular complexity index is 1600. The molecule has 2 N–H and O–H groups in total. The number of nitrogens with one attached hydrogen (secondary N) is 2. The summed E-state index contributed by atoms with van der Waals surface area (Å²) in [5.41, 5.74) is 5.11. The van der Waals surface area contributed by atoms with Crippen molar-refractivity contribution in [1.82, 2.24) is 10.1 Å². The number of sulfonamides is 1. The Balaban J connectivity index is 1.46. The summed E-state index contributed by atoms with van der Waals surface area (Å²) in [6, 6.07) is 25.1. The minimum atomic E-state index is -3.89. The van der Waals surface area contributed by atoms with E-state index in [1.807, 2.05) is 49.4 Å². The van der Waals surface area contributed by atoms with E-state index in [-0.39, 0.29) is 10.8 Å². The van der Waals surface area contributed by atoms with Gasteiger partial charge in [-0.1, -0.05) is 89.9 Å². The van der Waals surface area contributed by atoms with Gasteiger partial charge in [-0.3, -0.25) is 4.79 Å². The van der Waals surface area contributed by atoms with Crippen LogP contribution in [0, 0.1) is 12.8 Å². The van der Waals surface area contributed by atoms with Crippen LogP contribution in [0.25, 0.3) is 10.8 Å². The fourth-order valence-electron chi connectivity index (χ4n) is 4.01. The highest BCUT2D eigenvalue weighted by molar-refractivity contribution is 9.10. The molecule has 0 aliphatic rings. The Morgan fingerprint density at radius 3 is 2.46 bits per heavy atom. The molecule has 202 valence electrons. The molecule has 4 aromatic rings. The summed E-state index contributed by atoms with van der Waals surface area (Å²) in [5.74, 6) is -0.291. The lowest BCUT2D eigenvalue weighted by molar-refractivity contribution is -0.123. The average Bonchev–Trinajstić information content (AvgIpc) is 2.91. The van der Waals surface area contributed by atoms with Gasteiger partial charge in [0.15, 0.2) is 0 Å². The standard InChI is InChI=1S/C30H30BrN3O4S/c1-20(2)29(34-39(36,37)26-14-11-21(3)12-15-26)30(35)33-32-18-24-17-25(31)13-16-28(24)38-19-23-9-6-8-22-7-4-5-10-27(22)23/h4-18,20,29,34H,19H2,1-3H3,(H,33,35)/b32-18-/t29-/m0/s1.